The number of carbonyl (C=O) groups is 1. The number of carbonyl (C=O) groups excluding carboxylic acids is 1. The normalized spacial score (nSPS) is 14.6. The van der Waals surface area contributed by atoms with Gasteiger partial charge in [-0.15, -0.1) is 0 Å². The first-order valence-corrected chi connectivity index (χ1v) is 9.68. The number of hydrogen-bond acceptors (Lipinski definition) is 6. The highest BCUT2D eigenvalue weighted by Crippen LogP contribution is 2.36. The number of hydrogen-bond donors (Lipinski definition) is 1. The Labute approximate surface area is 188 Å². The summed E-state index contributed by atoms with van der Waals surface area (Å²) in [4.78, 5) is 25.2. The number of anilines is 2. The topological polar surface area (TPSA) is 93.9 Å². The second-order valence-electron chi connectivity index (χ2n) is 7.13. The van der Waals surface area contributed by atoms with Crippen LogP contribution in [0, 0.1) is 10.1 Å². The van der Waals surface area contributed by atoms with E-state index < -0.39 is 52.5 Å². The Balaban J connectivity index is 1.91. The second kappa shape index (κ2) is 9.75. The minimum Gasteiger partial charge on any atom is -0.482 e. The van der Waals surface area contributed by atoms with Crippen LogP contribution >= 0.6 is 0 Å². The SMILES string of the molecule is O=C(Nc1cc(C(F)(F)F)ccc1OCC(F)(F)F)c1ccc(N2CCOCC2)c([N+](=O)[O-])c1. The van der Waals surface area contributed by atoms with E-state index in [9.17, 15) is 41.3 Å². The molecule has 0 spiro atoms. The number of benzene rings is 2. The number of amides is 1. The summed E-state index contributed by atoms with van der Waals surface area (Å²) in [5.74, 6) is -1.73. The van der Waals surface area contributed by atoms with Crippen LogP contribution in [0.2, 0.25) is 0 Å². The summed E-state index contributed by atoms with van der Waals surface area (Å²) in [5.41, 5.74) is -2.41. The number of nitrogens with zero attached hydrogens (tertiary/aromatic N) is 2. The van der Waals surface area contributed by atoms with Gasteiger partial charge in [0.2, 0.25) is 0 Å². The average Bonchev–Trinajstić information content (AvgIpc) is 2.77. The van der Waals surface area contributed by atoms with Gasteiger partial charge in [-0.25, -0.2) is 0 Å². The van der Waals surface area contributed by atoms with Crippen molar-refractivity contribution in [2.45, 2.75) is 12.4 Å². The summed E-state index contributed by atoms with van der Waals surface area (Å²) in [7, 11) is 0. The first-order valence-electron chi connectivity index (χ1n) is 9.68. The lowest BCUT2D eigenvalue weighted by atomic mass is 10.1. The van der Waals surface area contributed by atoms with Crippen LogP contribution in [0.5, 0.6) is 5.75 Å². The molecule has 0 atom stereocenters. The quantitative estimate of drug-likeness (QED) is 0.358. The smallest absolute Gasteiger partial charge is 0.422 e. The first kappa shape index (κ1) is 25.1. The molecule has 8 nitrogen and oxygen atoms in total. The van der Waals surface area contributed by atoms with Gasteiger partial charge in [0.15, 0.2) is 6.61 Å². The number of nitro benzene ring substituents is 1. The molecule has 1 aliphatic rings. The van der Waals surface area contributed by atoms with Crippen molar-refractivity contribution in [1.82, 2.24) is 0 Å². The van der Waals surface area contributed by atoms with Gasteiger partial charge >= 0.3 is 12.4 Å². The van der Waals surface area contributed by atoms with Gasteiger partial charge in [0.25, 0.3) is 11.6 Å². The van der Waals surface area contributed by atoms with Crippen LogP contribution in [0.15, 0.2) is 36.4 Å². The lowest BCUT2D eigenvalue weighted by Crippen LogP contribution is -2.36. The van der Waals surface area contributed by atoms with E-state index >= 15 is 0 Å². The van der Waals surface area contributed by atoms with Gasteiger partial charge in [-0.2, -0.15) is 26.3 Å². The van der Waals surface area contributed by atoms with Crippen molar-refractivity contribution in [3.05, 3.63) is 57.6 Å². The van der Waals surface area contributed by atoms with Crippen molar-refractivity contribution in [3.63, 3.8) is 0 Å². The van der Waals surface area contributed by atoms with Crippen molar-refractivity contribution >= 4 is 23.0 Å². The molecule has 34 heavy (non-hydrogen) atoms. The van der Waals surface area contributed by atoms with Gasteiger partial charge in [0.05, 0.1) is 29.4 Å². The zero-order chi connectivity index (χ0) is 25.1. The number of morpholine rings is 1. The molecule has 0 unspecified atom stereocenters. The Morgan fingerprint density at radius 3 is 2.35 bits per heavy atom. The molecule has 3 rings (SSSR count). The minimum absolute atomic E-state index is 0.220. The predicted molar refractivity (Wildman–Crippen MR) is 107 cm³/mol. The largest absolute Gasteiger partial charge is 0.482 e. The van der Waals surface area contributed by atoms with E-state index in [0.29, 0.717) is 44.5 Å². The molecule has 0 saturated carbocycles. The number of rotatable bonds is 6. The zero-order valence-corrected chi connectivity index (χ0v) is 17.2. The maximum atomic E-state index is 13.1. The van der Waals surface area contributed by atoms with Gasteiger partial charge in [-0.3, -0.25) is 14.9 Å². The summed E-state index contributed by atoms with van der Waals surface area (Å²) in [6.07, 6.45) is -9.62. The third kappa shape index (κ3) is 6.27. The van der Waals surface area contributed by atoms with Gasteiger partial charge in [-0.05, 0) is 30.3 Å². The van der Waals surface area contributed by atoms with Crippen LogP contribution < -0.4 is 15.0 Å². The summed E-state index contributed by atoms with van der Waals surface area (Å²) in [5, 5.41) is 13.6. The highest BCUT2D eigenvalue weighted by atomic mass is 19.4. The number of halogens is 6. The molecule has 1 heterocycles. The molecular formula is C20H17F6N3O5. The molecular weight excluding hydrogens is 476 g/mol. The van der Waals surface area contributed by atoms with Crippen LogP contribution in [0.3, 0.4) is 0 Å². The standard InChI is InChI=1S/C20H17F6N3O5/c21-19(22,23)11-34-17-4-2-13(20(24,25)26)10-14(17)27-18(30)12-1-3-15(16(9-12)29(31)32)28-5-7-33-8-6-28/h1-4,9-10H,5-8,11H2,(H,27,30). The van der Waals surface area contributed by atoms with Gasteiger partial charge in [0.1, 0.15) is 11.4 Å². The van der Waals surface area contributed by atoms with Crippen LogP contribution in [0.1, 0.15) is 15.9 Å². The van der Waals surface area contributed by atoms with Crippen molar-refractivity contribution in [2.75, 3.05) is 43.1 Å². The average molecular weight is 493 g/mol. The Bertz CT molecular complexity index is 1070. The molecule has 14 heteroatoms. The summed E-state index contributed by atoms with van der Waals surface area (Å²) < 4.78 is 86.5. The molecule has 184 valence electrons. The Morgan fingerprint density at radius 1 is 1.09 bits per heavy atom. The summed E-state index contributed by atoms with van der Waals surface area (Å²) >= 11 is 0. The lowest BCUT2D eigenvalue weighted by molar-refractivity contribution is -0.384. The lowest BCUT2D eigenvalue weighted by Gasteiger charge is -2.28. The first-order chi connectivity index (χ1) is 15.8. The number of alkyl halides is 6. The third-order valence-corrected chi connectivity index (χ3v) is 4.73. The highest BCUT2D eigenvalue weighted by molar-refractivity contribution is 6.06. The Morgan fingerprint density at radius 2 is 1.76 bits per heavy atom. The van der Waals surface area contributed by atoms with E-state index in [1.165, 1.54) is 12.1 Å². The maximum absolute atomic E-state index is 13.1. The molecule has 1 amide bonds. The van der Waals surface area contributed by atoms with Gasteiger partial charge in [-0.1, -0.05) is 0 Å². The van der Waals surface area contributed by atoms with Crippen molar-refractivity contribution in [3.8, 4) is 5.75 Å². The number of ether oxygens (including phenoxy) is 2. The molecule has 1 fully saturated rings. The molecule has 2 aromatic carbocycles. The van der Waals surface area contributed by atoms with E-state index in [-0.39, 0.29) is 11.3 Å². The van der Waals surface area contributed by atoms with Crippen LogP contribution in [-0.2, 0) is 10.9 Å². The van der Waals surface area contributed by atoms with Crippen molar-refractivity contribution < 1.29 is 45.5 Å². The van der Waals surface area contributed by atoms with Crippen LogP contribution in [0.4, 0.5) is 43.4 Å². The molecule has 0 aliphatic carbocycles. The fourth-order valence-electron chi connectivity index (χ4n) is 3.17. The van der Waals surface area contributed by atoms with Crippen LogP contribution in [0.25, 0.3) is 0 Å². The van der Waals surface area contributed by atoms with E-state index in [1.54, 1.807) is 4.90 Å². The molecule has 0 radical (unpaired) electrons. The Kier molecular flexibility index (Phi) is 7.19. The Hall–Kier alpha value is -3.55. The van der Waals surface area contributed by atoms with Crippen LogP contribution in [-0.4, -0.2) is 49.9 Å². The van der Waals surface area contributed by atoms with E-state index in [2.05, 4.69) is 10.1 Å². The van der Waals surface area contributed by atoms with E-state index in [1.807, 2.05) is 0 Å². The van der Waals surface area contributed by atoms with Gasteiger partial charge in [0, 0.05) is 24.7 Å². The van der Waals surface area contributed by atoms with Crippen molar-refractivity contribution in [2.24, 2.45) is 0 Å². The second-order valence-corrected chi connectivity index (χ2v) is 7.13. The maximum Gasteiger partial charge on any atom is 0.422 e. The molecule has 2 aromatic rings. The summed E-state index contributed by atoms with van der Waals surface area (Å²) in [6.45, 7) is -0.376. The molecule has 0 aromatic heterocycles. The predicted octanol–water partition coefficient (Wildman–Crippen LogP) is 4.64. The van der Waals surface area contributed by atoms with E-state index in [0.717, 1.165) is 6.07 Å². The fourth-order valence-corrected chi connectivity index (χ4v) is 3.17. The summed E-state index contributed by atoms with van der Waals surface area (Å²) in [6, 6.07) is 5.03. The minimum atomic E-state index is -4.85. The number of nitrogens with one attached hydrogen (secondary N) is 1. The zero-order valence-electron chi connectivity index (χ0n) is 17.2. The van der Waals surface area contributed by atoms with E-state index in [4.69, 9.17) is 4.74 Å². The molecule has 1 N–H and O–H groups in total. The van der Waals surface area contributed by atoms with Gasteiger partial charge < -0.3 is 19.7 Å². The highest BCUT2D eigenvalue weighted by Gasteiger charge is 2.33. The van der Waals surface area contributed by atoms with Crippen molar-refractivity contribution in [1.29, 1.82) is 0 Å². The molecule has 1 saturated heterocycles. The molecule has 1 aliphatic heterocycles. The molecule has 0 bridgehead atoms. The monoisotopic (exact) mass is 493 g/mol. The third-order valence-electron chi connectivity index (χ3n) is 4.73. The number of nitro groups is 1. The fraction of sp³-hybridized carbons (Fsp3) is 0.350.